The van der Waals surface area contributed by atoms with Gasteiger partial charge in [0.05, 0.1) is 0 Å². The van der Waals surface area contributed by atoms with E-state index < -0.39 is 23.1 Å². The molecule has 0 radical (unpaired) electrons. The fourth-order valence-electron chi connectivity index (χ4n) is 2.45. The number of amides is 2. The van der Waals surface area contributed by atoms with E-state index in [-0.39, 0.29) is 5.92 Å². The van der Waals surface area contributed by atoms with E-state index >= 15 is 0 Å². The van der Waals surface area contributed by atoms with Crippen LogP contribution in [0.15, 0.2) is 0 Å². The average molecular weight is 256 g/mol. The predicted octanol–water partition coefficient (Wildman–Crippen LogP) is 1.95. The van der Waals surface area contributed by atoms with E-state index in [4.69, 9.17) is 10.5 Å². The van der Waals surface area contributed by atoms with Crippen LogP contribution < -0.4 is 11.1 Å². The first-order valence-corrected chi connectivity index (χ1v) is 6.48. The van der Waals surface area contributed by atoms with Gasteiger partial charge in [-0.05, 0) is 39.5 Å². The zero-order chi connectivity index (χ0) is 14.0. The normalized spacial score (nSPS) is 28.6. The zero-order valence-electron chi connectivity index (χ0n) is 11.7. The van der Waals surface area contributed by atoms with Gasteiger partial charge in [-0.1, -0.05) is 19.8 Å². The Labute approximate surface area is 108 Å². The molecule has 1 rings (SSSR count). The second-order valence-electron chi connectivity index (χ2n) is 6.11. The Morgan fingerprint density at radius 3 is 2.39 bits per heavy atom. The molecule has 2 atom stereocenters. The van der Waals surface area contributed by atoms with Crippen LogP contribution >= 0.6 is 0 Å². The van der Waals surface area contributed by atoms with Gasteiger partial charge in [-0.2, -0.15) is 0 Å². The molecule has 0 spiro atoms. The smallest absolute Gasteiger partial charge is 0.408 e. The van der Waals surface area contributed by atoms with E-state index in [1.165, 1.54) is 0 Å². The van der Waals surface area contributed by atoms with Gasteiger partial charge in [0.2, 0.25) is 5.91 Å². The summed E-state index contributed by atoms with van der Waals surface area (Å²) in [4.78, 5) is 23.6. The highest BCUT2D eigenvalue weighted by Gasteiger charge is 2.45. The molecule has 5 heteroatoms. The van der Waals surface area contributed by atoms with Crippen LogP contribution in [0.5, 0.6) is 0 Å². The number of hydrogen-bond donors (Lipinski definition) is 2. The molecule has 0 aromatic rings. The lowest BCUT2D eigenvalue weighted by molar-refractivity contribution is -0.127. The molecule has 0 aliphatic heterocycles. The molecule has 18 heavy (non-hydrogen) atoms. The second-order valence-corrected chi connectivity index (χ2v) is 6.11. The quantitative estimate of drug-likeness (QED) is 0.792. The molecule has 0 aromatic heterocycles. The number of carbonyl (C=O) groups excluding carboxylic acids is 2. The van der Waals surface area contributed by atoms with Crippen molar-refractivity contribution < 1.29 is 14.3 Å². The summed E-state index contributed by atoms with van der Waals surface area (Å²) in [6, 6.07) is 0. The van der Waals surface area contributed by atoms with Crippen LogP contribution in [-0.4, -0.2) is 23.1 Å². The third-order valence-electron chi connectivity index (χ3n) is 3.46. The Balaban J connectivity index is 2.80. The van der Waals surface area contributed by atoms with Gasteiger partial charge in [-0.15, -0.1) is 0 Å². The monoisotopic (exact) mass is 256 g/mol. The molecular formula is C13H24N2O3. The summed E-state index contributed by atoms with van der Waals surface area (Å²) < 4.78 is 5.21. The number of hydrogen-bond acceptors (Lipinski definition) is 3. The standard InChI is InChI=1S/C13H24N2O3/c1-9-7-5-6-8-13(9,10(14)16)15-11(17)18-12(2,3)4/h9H,5-8H2,1-4H3,(H2,14,16)(H,15,17)/t9-,13-/m0/s1. The minimum Gasteiger partial charge on any atom is -0.444 e. The maximum Gasteiger partial charge on any atom is 0.408 e. The van der Waals surface area contributed by atoms with Crippen LogP contribution in [0.1, 0.15) is 53.4 Å². The van der Waals surface area contributed by atoms with Crippen LogP contribution in [0.2, 0.25) is 0 Å². The van der Waals surface area contributed by atoms with Crippen molar-refractivity contribution >= 4 is 12.0 Å². The number of primary amides is 1. The van der Waals surface area contributed by atoms with Crippen molar-refractivity contribution in [2.24, 2.45) is 11.7 Å². The Hall–Kier alpha value is -1.26. The summed E-state index contributed by atoms with van der Waals surface area (Å²) in [6.45, 7) is 7.30. The van der Waals surface area contributed by atoms with Crippen molar-refractivity contribution in [3.8, 4) is 0 Å². The van der Waals surface area contributed by atoms with E-state index in [1.807, 2.05) is 6.92 Å². The number of ether oxygens (including phenoxy) is 1. The van der Waals surface area contributed by atoms with Gasteiger partial charge < -0.3 is 15.8 Å². The van der Waals surface area contributed by atoms with Crippen molar-refractivity contribution in [2.75, 3.05) is 0 Å². The molecule has 5 nitrogen and oxygen atoms in total. The van der Waals surface area contributed by atoms with E-state index in [0.717, 1.165) is 19.3 Å². The maximum atomic E-state index is 11.8. The molecule has 1 fully saturated rings. The molecule has 0 aromatic carbocycles. The lowest BCUT2D eigenvalue weighted by atomic mass is 9.73. The highest BCUT2D eigenvalue weighted by Crippen LogP contribution is 2.33. The highest BCUT2D eigenvalue weighted by atomic mass is 16.6. The Morgan fingerprint density at radius 2 is 1.94 bits per heavy atom. The van der Waals surface area contributed by atoms with Gasteiger partial charge in [0.25, 0.3) is 0 Å². The van der Waals surface area contributed by atoms with Gasteiger partial charge in [0, 0.05) is 0 Å². The molecule has 104 valence electrons. The molecular weight excluding hydrogens is 232 g/mol. The lowest BCUT2D eigenvalue weighted by Crippen LogP contribution is -2.63. The van der Waals surface area contributed by atoms with Crippen LogP contribution in [0, 0.1) is 5.92 Å². The number of rotatable bonds is 2. The number of alkyl carbamates (subject to hydrolysis) is 1. The summed E-state index contributed by atoms with van der Waals surface area (Å²) in [6.07, 6.45) is 2.85. The van der Waals surface area contributed by atoms with Crippen LogP contribution in [0.4, 0.5) is 4.79 Å². The first kappa shape index (κ1) is 14.8. The van der Waals surface area contributed by atoms with Crippen molar-refractivity contribution in [1.82, 2.24) is 5.32 Å². The first-order valence-electron chi connectivity index (χ1n) is 6.48. The van der Waals surface area contributed by atoms with Crippen LogP contribution in [0.25, 0.3) is 0 Å². The van der Waals surface area contributed by atoms with Crippen molar-refractivity contribution in [3.05, 3.63) is 0 Å². The summed E-state index contributed by atoms with van der Waals surface area (Å²) in [5.41, 5.74) is 3.96. The maximum absolute atomic E-state index is 11.8. The van der Waals surface area contributed by atoms with Crippen LogP contribution in [-0.2, 0) is 9.53 Å². The van der Waals surface area contributed by atoms with Gasteiger partial charge in [0.15, 0.2) is 0 Å². The van der Waals surface area contributed by atoms with E-state index in [0.29, 0.717) is 6.42 Å². The van der Waals surface area contributed by atoms with E-state index in [1.54, 1.807) is 20.8 Å². The number of nitrogens with two attached hydrogens (primary N) is 1. The zero-order valence-corrected chi connectivity index (χ0v) is 11.7. The van der Waals surface area contributed by atoms with Gasteiger partial charge in [-0.25, -0.2) is 4.79 Å². The molecule has 0 unspecified atom stereocenters. The first-order chi connectivity index (χ1) is 8.17. The largest absolute Gasteiger partial charge is 0.444 e. The average Bonchev–Trinajstić information content (AvgIpc) is 2.18. The molecule has 3 N–H and O–H groups in total. The number of carbonyl (C=O) groups is 2. The fourth-order valence-corrected chi connectivity index (χ4v) is 2.45. The fraction of sp³-hybridized carbons (Fsp3) is 0.846. The summed E-state index contributed by atoms with van der Waals surface area (Å²) in [5, 5.41) is 2.70. The highest BCUT2D eigenvalue weighted by molar-refractivity contribution is 5.89. The summed E-state index contributed by atoms with van der Waals surface area (Å²) in [7, 11) is 0. The minimum atomic E-state index is -0.958. The molecule has 1 aliphatic carbocycles. The van der Waals surface area contributed by atoms with Crippen molar-refractivity contribution in [3.63, 3.8) is 0 Å². The SMILES string of the molecule is C[C@H]1CCCC[C@@]1(NC(=O)OC(C)(C)C)C(N)=O. The van der Waals surface area contributed by atoms with Gasteiger partial charge in [0.1, 0.15) is 11.1 Å². The Kier molecular flexibility index (Phi) is 4.24. The molecule has 0 saturated heterocycles. The molecule has 1 saturated carbocycles. The Bertz CT molecular complexity index is 336. The predicted molar refractivity (Wildman–Crippen MR) is 68.9 cm³/mol. The van der Waals surface area contributed by atoms with E-state index in [9.17, 15) is 9.59 Å². The van der Waals surface area contributed by atoms with Gasteiger partial charge >= 0.3 is 6.09 Å². The van der Waals surface area contributed by atoms with Crippen LogP contribution in [0.3, 0.4) is 0 Å². The molecule has 1 aliphatic rings. The lowest BCUT2D eigenvalue weighted by Gasteiger charge is -2.40. The minimum absolute atomic E-state index is 0.0382. The molecule has 0 bridgehead atoms. The molecule has 2 amide bonds. The Morgan fingerprint density at radius 1 is 1.33 bits per heavy atom. The van der Waals surface area contributed by atoms with E-state index in [2.05, 4.69) is 5.32 Å². The van der Waals surface area contributed by atoms with Gasteiger partial charge in [-0.3, -0.25) is 4.79 Å². The summed E-state index contributed by atoms with van der Waals surface area (Å²) in [5.74, 6) is -0.433. The van der Waals surface area contributed by atoms with Crippen molar-refractivity contribution in [2.45, 2.75) is 64.5 Å². The molecule has 0 heterocycles. The topological polar surface area (TPSA) is 81.4 Å². The summed E-state index contributed by atoms with van der Waals surface area (Å²) >= 11 is 0. The third-order valence-corrected chi connectivity index (χ3v) is 3.46. The third kappa shape index (κ3) is 3.37. The number of nitrogens with one attached hydrogen (secondary N) is 1. The second kappa shape index (κ2) is 5.16. The van der Waals surface area contributed by atoms with Crippen molar-refractivity contribution in [1.29, 1.82) is 0 Å².